The number of carbonyl (C=O) groups is 3. The number of nitrogens with one attached hydrogen (secondary N) is 1. The lowest BCUT2D eigenvalue weighted by atomic mass is 9.68. The third kappa shape index (κ3) is 1.75. The second-order valence-electron chi connectivity index (χ2n) is 6.01. The number of fused-ring (bicyclic) bond motifs is 2. The molecule has 0 aromatic carbocycles. The highest BCUT2D eigenvalue weighted by atomic mass is 16.5. The van der Waals surface area contributed by atoms with E-state index in [4.69, 9.17) is 4.74 Å². The van der Waals surface area contributed by atoms with Gasteiger partial charge in [0.25, 0.3) is 0 Å². The molecule has 2 rings (SSSR count). The van der Waals surface area contributed by atoms with Gasteiger partial charge < -0.3 is 10.1 Å². The number of Topliss-reactive ketones (excluding diaryl/α,β-unsaturated/α-hetero) is 2. The Balaban J connectivity index is 2.15. The highest BCUT2D eigenvalue weighted by molar-refractivity contribution is 6.47. The highest BCUT2D eigenvalue weighted by Gasteiger charge is 2.72. The summed E-state index contributed by atoms with van der Waals surface area (Å²) in [5.41, 5.74) is -1.70. The van der Waals surface area contributed by atoms with Crippen molar-refractivity contribution in [3.05, 3.63) is 0 Å². The zero-order valence-electron chi connectivity index (χ0n) is 11.7. The second-order valence-corrected chi connectivity index (χ2v) is 6.01. The first-order valence-corrected chi connectivity index (χ1v) is 6.75. The van der Waals surface area contributed by atoms with Crippen LogP contribution >= 0.6 is 0 Å². The lowest BCUT2D eigenvalue weighted by molar-refractivity contribution is -0.149. The number of hydrogen-bond donors (Lipinski definition) is 1. The van der Waals surface area contributed by atoms with Gasteiger partial charge in [0, 0.05) is 26.2 Å². The van der Waals surface area contributed by atoms with Gasteiger partial charge in [-0.05, 0) is 24.7 Å². The van der Waals surface area contributed by atoms with Crippen LogP contribution in [0, 0.1) is 16.7 Å². The number of rotatable bonds is 5. The largest absolute Gasteiger partial charge is 0.385 e. The topological polar surface area (TPSA) is 72.5 Å². The summed E-state index contributed by atoms with van der Waals surface area (Å²) in [6, 6.07) is 0. The number of ether oxygens (including phenoxy) is 1. The van der Waals surface area contributed by atoms with Gasteiger partial charge in [-0.3, -0.25) is 14.4 Å². The van der Waals surface area contributed by atoms with E-state index < -0.39 is 16.6 Å². The zero-order valence-corrected chi connectivity index (χ0v) is 11.7. The molecule has 0 heterocycles. The molecule has 0 radical (unpaired) electrons. The number of hydrogen-bond acceptors (Lipinski definition) is 4. The van der Waals surface area contributed by atoms with Crippen LogP contribution in [-0.4, -0.2) is 37.7 Å². The molecular weight excluding hydrogens is 246 g/mol. The van der Waals surface area contributed by atoms with Crippen molar-refractivity contribution < 1.29 is 19.1 Å². The summed E-state index contributed by atoms with van der Waals surface area (Å²) in [4.78, 5) is 36.6. The van der Waals surface area contributed by atoms with E-state index in [1.807, 2.05) is 13.8 Å². The fraction of sp³-hybridized carbons (Fsp3) is 0.786. The Labute approximate surface area is 113 Å². The molecule has 2 fully saturated rings. The van der Waals surface area contributed by atoms with Crippen molar-refractivity contribution in [3.63, 3.8) is 0 Å². The normalized spacial score (nSPS) is 31.8. The van der Waals surface area contributed by atoms with Crippen molar-refractivity contribution in [2.45, 2.75) is 33.1 Å². The molecule has 1 amide bonds. The molecule has 2 atom stereocenters. The molecule has 1 N–H and O–H groups in total. The van der Waals surface area contributed by atoms with Crippen LogP contribution in [0.25, 0.3) is 0 Å². The fourth-order valence-corrected chi connectivity index (χ4v) is 3.65. The quantitative estimate of drug-likeness (QED) is 0.452. The highest BCUT2D eigenvalue weighted by Crippen LogP contribution is 2.62. The van der Waals surface area contributed by atoms with Crippen molar-refractivity contribution in [3.8, 4) is 0 Å². The van der Waals surface area contributed by atoms with Crippen molar-refractivity contribution in [1.29, 1.82) is 0 Å². The minimum Gasteiger partial charge on any atom is -0.385 e. The number of carbonyl (C=O) groups excluding carboxylic acids is 3. The number of methoxy groups -OCH3 is 1. The lowest BCUT2D eigenvalue weighted by Gasteiger charge is -2.33. The Morgan fingerprint density at radius 2 is 2.11 bits per heavy atom. The molecule has 0 aromatic rings. The Morgan fingerprint density at radius 3 is 2.63 bits per heavy atom. The lowest BCUT2D eigenvalue weighted by Crippen LogP contribution is -2.50. The first kappa shape index (κ1) is 14.2. The third-order valence-electron chi connectivity index (χ3n) is 4.91. The van der Waals surface area contributed by atoms with E-state index in [1.54, 1.807) is 7.11 Å². The Hall–Kier alpha value is -1.23. The Kier molecular flexibility index (Phi) is 3.51. The number of ketones is 2. The smallest absolute Gasteiger partial charge is 0.234 e. The summed E-state index contributed by atoms with van der Waals surface area (Å²) < 4.78 is 4.92. The minimum atomic E-state index is -1.14. The van der Waals surface area contributed by atoms with Crippen LogP contribution in [0.3, 0.4) is 0 Å². The molecule has 19 heavy (non-hydrogen) atoms. The summed E-state index contributed by atoms with van der Waals surface area (Å²) in [6.45, 7) is 4.76. The van der Waals surface area contributed by atoms with Gasteiger partial charge >= 0.3 is 0 Å². The van der Waals surface area contributed by atoms with Gasteiger partial charge in [0.05, 0.1) is 0 Å². The summed E-state index contributed by atoms with van der Waals surface area (Å²) in [5, 5.41) is 2.79. The van der Waals surface area contributed by atoms with Crippen LogP contribution in [0.1, 0.15) is 33.1 Å². The monoisotopic (exact) mass is 267 g/mol. The van der Waals surface area contributed by atoms with E-state index in [9.17, 15) is 14.4 Å². The van der Waals surface area contributed by atoms with E-state index >= 15 is 0 Å². The average Bonchev–Trinajstić information content (AvgIpc) is 2.71. The predicted molar refractivity (Wildman–Crippen MR) is 68.5 cm³/mol. The molecule has 2 aliphatic rings. The number of amides is 1. The van der Waals surface area contributed by atoms with Crippen LogP contribution in [-0.2, 0) is 19.1 Å². The van der Waals surface area contributed by atoms with Gasteiger partial charge in [0.2, 0.25) is 17.5 Å². The molecule has 2 aliphatic carbocycles. The molecule has 5 heteroatoms. The van der Waals surface area contributed by atoms with E-state index in [0.29, 0.717) is 32.4 Å². The molecule has 0 aromatic heterocycles. The minimum absolute atomic E-state index is 0.285. The van der Waals surface area contributed by atoms with Crippen molar-refractivity contribution in [2.75, 3.05) is 20.3 Å². The molecular formula is C14H21NO4. The van der Waals surface area contributed by atoms with E-state index in [2.05, 4.69) is 5.32 Å². The molecule has 0 aliphatic heterocycles. The van der Waals surface area contributed by atoms with Gasteiger partial charge in [-0.15, -0.1) is 0 Å². The Bertz CT molecular complexity index is 429. The van der Waals surface area contributed by atoms with Crippen molar-refractivity contribution in [1.82, 2.24) is 5.32 Å². The third-order valence-corrected chi connectivity index (χ3v) is 4.91. The van der Waals surface area contributed by atoms with Crippen LogP contribution in [0.2, 0.25) is 0 Å². The van der Waals surface area contributed by atoms with Crippen LogP contribution in [0.4, 0.5) is 0 Å². The van der Waals surface area contributed by atoms with Gasteiger partial charge in [0.1, 0.15) is 5.41 Å². The van der Waals surface area contributed by atoms with Crippen LogP contribution < -0.4 is 5.32 Å². The predicted octanol–water partition coefficient (Wildman–Crippen LogP) is 0.713. The molecule has 2 unspecified atom stereocenters. The average molecular weight is 267 g/mol. The summed E-state index contributed by atoms with van der Waals surface area (Å²) in [6.07, 6.45) is 1.83. The molecule has 5 nitrogen and oxygen atoms in total. The summed E-state index contributed by atoms with van der Waals surface area (Å²) >= 11 is 0. The van der Waals surface area contributed by atoms with Gasteiger partial charge in [0.15, 0.2) is 0 Å². The van der Waals surface area contributed by atoms with Crippen molar-refractivity contribution in [2.24, 2.45) is 16.7 Å². The van der Waals surface area contributed by atoms with Gasteiger partial charge in [-0.2, -0.15) is 0 Å². The maximum Gasteiger partial charge on any atom is 0.234 e. The first-order chi connectivity index (χ1) is 8.89. The summed E-state index contributed by atoms with van der Waals surface area (Å²) in [5.74, 6) is -1.42. The van der Waals surface area contributed by atoms with Gasteiger partial charge in [-0.25, -0.2) is 0 Å². The van der Waals surface area contributed by atoms with E-state index in [1.165, 1.54) is 0 Å². The van der Waals surface area contributed by atoms with Crippen LogP contribution in [0.5, 0.6) is 0 Å². The summed E-state index contributed by atoms with van der Waals surface area (Å²) in [7, 11) is 1.60. The first-order valence-electron chi connectivity index (χ1n) is 6.75. The standard InChI is InChI=1S/C14H21NO4/c1-13(2)9-5-6-14(13,11(17)10(9)16)12(18)15-7-4-8-19-3/h9H,4-8H2,1-3H3,(H,15,18). The van der Waals surface area contributed by atoms with E-state index in [0.717, 1.165) is 0 Å². The maximum absolute atomic E-state index is 12.4. The van der Waals surface area contributed by atoms with E-state index in [-0.39, 0.29) is 17.6 Å². The zero-order chi connectivity index (χ0) is 14.3. The molecule has 2 bridgehead atoms. The van der Waals surface area contributed by atoms with Crippen molar-refractivity contribution >= 4 is 17.5 Å². The SMILES string of the molecule is COCCCNC(=O)C12CCC(C(=O)C1=O)C2(C)C. The molecule has 0 saturated heterocycles. The fourth-order valence-electron chi connectivity index (χ4n) is 3.65. The molecule has 2 saturated carbocycles. The molecule has 106 valence electrons. The molecule has 0 spiro atoms. The Morgan fingerprint density at radius 1 is 1.42 bits per heavy atom. The second kappa shape index (κ2) is 4.71. The maximum atomic E-state index is 12.4. The van der Waals surface area contributed by atoms with Crippen LogP contribution in [0.15, 0.2) is 0 Å². The van der Waals surface area contributed by atoms with Gasteiger partial charge in [-0.1, -0.05) is 13.8 Å².